The summed E-state index contributed by atoms with van der Waals surface area (Å²) in [4.78, 5) is 1.33. The lowest BCUT2D eigenvalue weighted by atomic mass is 10.2. The first-order chi connectivity index (χ1) is 6.45. The van der Waals surface area contributed by atoms with Crippen molar-refractivity contribution in [1.29, 1.82) is 0 Å². The van der Waals surface area contributed by atoms with Crippen molar-refractivity contribution in [2.24, 2.45) is 0 Å². The van der Waals surface area contributed by atoms with Gasteiger partial charge in [-0.15, -0.1) is 0 Å². The second kappa shape index (κ2) is 4.58. The standard InChI is InChI=1S/C11H13OS/c1-2-5-10(6-3-1)13-11-7-4-8-12-9-11/h1-3,5-6,9,11H,4,7-8H2/q+1. The van der Waals surface area contributed by atoms with Crippen LogP contribution in [0.4, 0.5) is 0 Å². The second-order valence-electron chi connectivity index (χ2n) is 3.12. The van der Waals surface area contributed by atoms with Gasteiger partial charge in [-0.05, 0) is 18.6 Å². The summed E-state index contributed by atoms with van der Waals surface area (Å²) in [6.45, 7) is 2.87. The highest BCUT2D eigenvalue weighted by Gasteiger charge is 2.24. The number of hydrogen-bond acceptors (Lipinski definition) is 2. The number of ether oxygens (including phenoxy) is 1. The van der Waals surface area contributed by atoms with Crippen LogP contribution in [0, 0.1) is 6.61 Å². The van der Waals surface area contributed by atoms with Gasteiger partial charge in [0.05, 0.1) is 6.61 Å². The van der Waals surface area contributed by atoms with Crippen LogP contribution in [-0.2, 0) is 4.74 Å². The zero-order valence-electron chi connectivity index (χ0n) is 7.48. The van der Waals surface area contributed by atoms with Gasteiger partial charge in [0.25, 0.3) is 0 Å². The maximum atomic E-state index is 5.31. The van der Waals surface area contributed by atoms with E-state index < -0.39 is 0 Å². The van der Waals surface area contributed by atoms with E-state index in [1.165, 1.54) is 17.7 Å². The molecule has 68 valence electrons. The van der Waals surface area contributed by atoms with Crippen LogP contribution in [0.1, 0.15) is 12.8 Å². The third-order valence-electron chi connectivity index (χ3n) is 2.03. The number of rotatable bonds is 2. The molecule has 1 atom stereocenters. The first-order valence-electron chi connectivity index (χ1n) is 4.62. The third kappa shape index (κ3) is 2.68. The van der Waals surface area contributed by atoms with E-state index in [1.54, 1.807) is 0 Å². The van der Waals surface area contributed by atoms with Crippen LogP contribution in [0.3, 0.4) is 0 Å². The van der Waals surface area contributed by atoms with Crippen LogP contribution < -0.4 is 0 Å². The molecule has 0 radical (unpaired) electrons. The summed E-state index contributed by atoms with van der Waals surface area (Å²) in [6.07, 6.45) is 2.42. The van der Waals surface area contributed by atoms with E-state index in [1.807, 2.05) is 24.4 Å². The van der Waals surface area contributed by atoms with Gasteiger partial charge in [0, 0.05) is 11.3 Å². The minimum absolute atomic E-state index is 0.538. The Morgan fingerprint density at radius 3 is 2.85 bits per heavy atom. The SMILES string of the molecule is c1ccc(SC2[CH+]OCCC2)cc1. The van der Waals surface area contributed by atoms with Crippen molar-refractivity contribution in [3.63, 3.8) is 0 Å². The first kappa shape index (κ1) is 8.97. The largest absolute Gasteiger partial charge is 0.241 e. The quantitative estimate of drug-likeness (QED) is 0.667. The molecule has 0 aliphatic carbocycles. The number of thioether (sulfide) groups is 1. The van der Waals surface area contributed by atoms with Gasteiger partial charge in [0.2, 0.25) is 6.61 Å². The smallest absolute Gasteiger partial charge is 0.195 e. The van der Waals surface area contributed by atoms with Crippen LogP contribution in [-0.4, -0.2) is 11.9 Å². The van der Waals surface area contributed by atoms with Crippen LogP contribution in [0.2, 0.25) is 0 Å². The lowest BCUT2D eigenvalue weighted by Gasteiger charge is -2.11. The van der Waals surface area contributed by atoms with Gasteiger partial charge in [0.15, 0.2) is 5.25 Å². The summed E-state index contributed by atoms with van der Waals surface area (Å²) in [6, 6.07) is 10.5. The summed E-state index contributed by atoms with van der Waals surface area (Å²) in [5.74, 6) is 0. The molecule has 1 heterocycles. The maximum absolute atomic E-state index is 5.31. The van der Waals surface area contributed by atoms with Crippen molar-refractivity contribution < 1.29 is 4.74 Å². The van der Waals surface area contributed by atoms with Crippen LogP contribution in [0.5, 0.6) is 0 Å². The summed E-state index contributed by atoms with van der Waals surface area (Å²) in [5.41, 5.74) is 0. The molecule has 0 spiro atoms. The number of hydrogen-bond donors (Lipinski definition) is 0. The van der Waals surface area contributed by atoms with Gasteiger partial charge in [-0.25, -0.2) is 0 Å². The van der Waals surface area contributed by atoms with Crippen molar-refractivity contribution in [3.05, 3.63) is 36.9 Å². The summed E-state index contributed by atoms with van der Waals surface area (Å²) in [5, 5.41) is 0.538. The molecule has 1 nitrogen and oxygen atoms in total. The molecule has 1 aromatic carbocycles. The van der Waals surface area contributed by atoms with E-state index >= 15 is 0 Å². The van der Waals surface area contributed by atoms with Gasteiger partial charge in [-0.3, -0.25) is 0 Å². The van der Waals surface area contributed by atoms with Gasteiger partial charge < -0.3 is 0 Å². The summed E-state index contributed by atoms with van der Waals surface area (Å²) < 4.78 is 5.31. The Morgan fingerprint density at radius 2 is 2.15 bits per heavy atom. The molecule has 0 bridgehead atoms. The number of benzene rings is 1. The van der Waals surface area contributed by atoms with Crippen molar-refractivity contribution in [2.75, 3.05) is 6.61 Å². The monoisotopic (exact) mass is 193 g/mol. The average Bonchev–Trinajstić information content (AvgIpc) is 2.21. The van der Waals surface area contributed by atoms with Crippen LogP contribution in [0.25, 0.3) is 0 Å². The van der Waals surface area contributed by atoms with Gasteiger partial charge >= 0.3 is 0 Å². The Bertz CT molecular complexity index is 242. The topological polar surface area (TPSA) is 9.23 Å². The second-order valence-corrected chi connectivity index (χ2v) is 4.43. The predicted octanol–water partition coefficient (Wildman–Crippen LogP) is 3.12. The Labute approximate surface area is 83.5 Å². The summed E-state index contributed by atoms with van der Waals surface area (Å²) in [7, 11) is 0. The van der Waals surface area contributed by atoms with E-state index in [-0.39, 0.29) is 0 Å². The molecule has 0 saturated carbocycles. The molecule has 0 amide bonds. The van der Waals surface area contributed by atoms with Crippen LogP contribution >= 0.6 is 11.8 Å². The predicted molar refractivity (Wildman–Crippen MR) is 55.6 cm³/mol. The zero-order valence-corrected chi connectivity index (χ0v) is 8.30. The first-order valence-corrected chi connectivity index (χ1v) is 5.50. The summed E-state index contributed by atoms with van der Waals surface area (Å²) >= 11 is 1.88. The molecule has 1 aliphatic heterocycles. The van der Waals surface area contributed by atoms with E-state index in [0.717, 1.165) is 6.61 Å². The highest BCUT2D eigenvalue weighted by Crippen LogP contribution is 2.30. The van der Waals surface area contributed by atoms with Crippen molar-refractivity contribution in [1.82, 2.24) is 0 Å². The highest BCUT2D eigenvalue weighted by molar-refractivity contribution is 8.00. The highest BCUT2D eigenvalue weighted by atomic mass is 32.2. The molecule has 1 saturated heterocycles. The molecule has 1 aromatic rings. The molecule has 1 aliphatic rings. The maximum Gasteiger partial charge on any atom is 0.241 e. The molecule has 2 heteroatoms. The minimum Gasteiger partial charge on any atom is -0.195 e. The molecular formula is C11H13OS+. The zero-order chi connectivity index (χ0) is 8.93. The Kier molecular flexibility index (Phi) is 3.16. The van der Waals surface area contributed by atoms with E-state index in [0.29, 0.717) is 5.25 Å². The van der Waals surface area contributed by atoms with E-state index in [9.17, 15) is 0 Å². The molecule has 0 N–H and O–H groups in total. The minimum atomic E-state index is 0.538. The van der Waals surface area contributed by atoms with E-state index in [4.69, 9.17) is 4.74 Å². The fraction of sp³-hybridized carbons (Fsp3) is 0.364. The molecular weight excluding hydrogens is 180 g/mol. The molecule has 13 heavy (non-hydrogen) atoms. The van der Waals surface area contributed by atoms with Crippen molar-refractivity contribution >= 4 is 11.8 Å². The van der Waals surface area contributed by atoms with Gasteiger partial charge in [-0.1, -0.05) is 30.0 Å². The Balaban J connectivity index is 1.90. The third-order valence-corrected chi connectivity index (χ3v) is 3.22. The normalized spacial score (nSPS) is 22.3. The molecule has 1 unspecified atom stereocenters. The fourth-order valence-corrected chi connectivity index (χ4v) is 2.45. The lowest BCUT2D eigenvalue weighted by molar-refractivity contribution is 0.160. The van der Waals surface area contributed by atoms with Gasteiger partial charge in [0.1, 0.15) is 0 Å². The molecule has 1 fully saturated rings. The Morgan fingerprint density at radius 1 is 1.31 bits per heavy atom. The van der Waals surface area contributed by atoms with Crippen LogP contribution in [0.15, 0.2) is 35.2 Å². The molecule has 0 aromatic heterocycles. The van der Waals surface area contributed by atoms with Crippen molar-refractivity contribution in [2.45, 2.75) is 23.0 Å². The lowest BCUT2D eigenvalue weighted by Crippen LogP contribution is -2.13. The average molecular weight is 193 g/mol. The van der Waals surface area contributed by atoms with E-state index in [2.05, 4.69) is 24.3 Å². The van der Waals surface area contributed by atoms with Gasteiger partial charge in [-0.2, -0.15) is 4.74 Å². The molecule has 2 rings (SSSR count). The Hall–Kier alpha value is -0.600. The fourth-order valence-electron chi connectivity index (χ4n) is 1.37. The van der Waals surface area contributed by atoms with Crippen molar-refractivity contribution in [3.8, 4) is 0 Å².